The molecule has 0 bridgehead atoms. The van der Waals surface area contributed by atoms with Crippen molar-refractivity contribution in [2.45, 2.75) is 122 Å². The largest absolute Gasteiger partial charge is 1.00 e. The molecule has 0 amide bonds. The van der Waals surface area contributed by atoms with Crippen molar-refractivity contribution >= 4 is 101 Å². The molecule has 4 N–H and O–H groups in total. The van der Waals surface area contributed by atoms with Crippen molar-refractivity contribution in [1.29, 1.82) is 0 Å². The van der Waals surface area contributed by atoms with Gasteiger partial charge in [-0.2, -0.15) is 0 Å². The number of nitrogens with zero attached hydrogens (tertiary/aromatic N) is 11. The van der Waals surface area contributed by atoms with Crippen LogP contribution in [0.3, 0.4) is 0 Å². The van der Waals surface area contributed by atoms with E-state index in [9.17, 15) is 33.8 Å². The Morgan fingerprint density at radius 2 is 0.566 bits per heavy atom. The van der Waals surface area contributed by atoms with Gasteiger partial charge in [-0.1, -0.05) is 205 Å². The number of alkyl halides is 1. The molecule has 7 heterocycles. The zero-order valence-electron chi connectivity index (χ0n) is 65.8. The van der Waals surface area contributed by atoms with Gasteiger partial charge in [-0.15, -0.1) is 0 Å². The molecule has 0 atom stereocenters. The Hall–Kier alpha value is -10.3. The predicted molar refractivity (Wildman–Crippen MR) is 446 cm³/mol. The monoisotopic (exact) mass is 1600 g/mol. The number of esters is 2. The van der Waals surface area contributed by atoms with E-state index in [1.807, 2.05) is 115 Å². The number of aromatic nitrogens is 8. The number of anilines is 3. The number of carbonyl (C=O) groups is 4. The number of halogens is 2. The third-order valence-corrected chi connectivity index (χ3v) is 20.1. The van der Waals surface area contributed by atoms with Crippen LogP contribution in [0, 0.1) is 0 Å². The van der Waals surface area contributed by atoms with Gasteiger partial charge in [0.25, 0.3) is 0 Å². The van der Waals surface area contributed by atoms with Gasteiger partial charge in [0.05, 0.1) is 89.1 Å². The number of aromatic carboxylic acids is 2. The van der Waals surface area contributed by atoms with Crippen LogP contribution in [0.15, 0.2) is 199 Å². The average molecular weight is 1600 g/mol. The minimum atomic E-state index is -1.00. The summed E-state index contributed by atoms with van der Waals surface area (Å²) in [4.78, 5) is 91.4. The Morgan fingerprint density at radius 3 is 0.823 bits per heavy atom. The molecule has 8 aromatic carbocycles. The van der Waals surface area contributed by atoms with E-state index < -0.39 is 19.1 Å². The number of aliphatic hydroxyl groups excluding tert-OH is 1. The van der Waals surface area contributed by atoms with E-state index in [1.54, 1.807) is 66.7 Å². The summed E-state index contributed by atoms with van der Waals surface area (Å²) in [6.45, 7) is 5.79. The summed E-state index contributed by atoms with van der Waals surface area (Å²) in [5.74, 6) is -0.0303. The zero-order valence-corrected chi connectivity index (χ0v) is 68.4. The minimum Gasteiger partial charge on any atom is -0.870 e. The molecule has 0 unspecified atom stereocenters. The number of benzene rings is 8. The Labute approximate surface area is 691 Å². The van der Waals surface area contributed by atoms with Gasteiger partial charge in [0.15, 0.2) is 17.5 Å². The minimum absolute atomic E-state index is 0. The van der Waals surface area contributed by atoms with Gasteiger partial charge in [-0.3, -0.25) is 4.39 Å². The third-order valence-electron chi connectivity index (χ3n) is 19.6. The summed E-state index contributed by atoms with van der Waals surface area (Å²) in [5, 5.41) is 25.5. The van der Waals surface area contributed by atoms with Crippen molar-refractivity contribution in [2.75, 3.05) is 82.5 Å². The fraction of sp³-hybridized carbons (Fsp3) is 0.326. The maximum absolute atomic E-state index is 11.9. The van der Waals surface area contributed by atoms with Gasteiger partial charge < -0.3 is 45.0 Å². The van der Waals surface area contributed by atoms with Crippen LogP contribution in [0.2, 0.25) is 0 Å². The quantitative estimate of drug-likeness (QED) is 0.0616. The molecule has 113 heavy (non-hydrogen) atoms. The smallest absolute Gasteiger partial charge is 0.870 e. The molecule has 584 valence electrons. The predicted octanol–water partition coefficient (Wildman–Crippen LogP) is 16.8. The molecule has 16 rings (SSSR count). The van der Waals surface area contributed by atoms with E-state index in [0.717, 1.165) is 164 Å². The van der Waals surface area contributed by atoms with Crippen molar-refractivity contribution in [3.63, 3.8) is 0 Å². The van der Waals surface area contributed by atoms with E-state index in [-0.39, 0.29) is 58.1 Å². The van der Waals surface area contributed by atoms with E-state index in [4.69, 9.17) is 45.9 Å². The third kappa shape index (κ3) is 24.4. The van der Waals surface area contributed by atoms with Crippen LogP contribution in [0.1, 0.15) is 165 Å². The summed E-state index contributed by atoms with van der Waals surface area (Å²) in [6, 6.07) is 60.5. The van der Waals surface area contributed by atoms with Crippen LogP contribution in [0.4, 0.5) is 21.8 Å². The van der Waals surface area contributed by atoms with Gasteiger partial charge in [0.1, 0.15) is 27.4 Å². The molecular formula is C89H98BrFN11NaO10. The molecule has 4 aromatic heterocycles. The second kappa shape index (κ2) is 46.0. The van der Waals surface area contributed by atoms with Gasteiger partial charge in [-0.05, 0) is 127 Å². The second-order valence-corrected chi connectivity index (χ2v) is 27.9. The maximum Gasteiger partial charge on any atom is 1.00 e. The second-order valence-electron chi connectivity index (χ2n) is 27.1. The Morgan fingerprint density at radius 1 is 0.345 bits per heavy atom. The van der Waals surface area contributed by atoms with Gasteiger partial charge in [-0.25, -0.2) is 59.0 Å². The summed E-state index contributed by atoms with van der Waals surface area (Å²) in [7, 11) is 2.74. The molecule has 3 aliphatic heterocycles. The molecule has 1 aliphatic carbocycles. The van der Waals surface area contributed by atoms with Crippen LogP contribution in [0.25, 0.3) is 89.2 Å². The first-order valence-corrected chi connectivity index (χ1v) is 38.9. The molecule has 0 radical (unpaired) electrons. The molecular weight excluding hydrogens is 1500 g/mol. The van der Waals surface area contributed by atoms with E-state index in [0.29, 0.717) is 43.3 Å². The number of rotatable bonds is 11. The van der Waals surface area contributed by atoms with Crippen LogP contribution in [-0.4, -0.2) is 152 Å². The van der Waals surface area contributed by atoms with E-state index >= 15 is 0 Å². The van der Waals surface area contributed by atoms with Gasteiger partial charge in [0.2, 0.25) is 0 Å². The first-order chi connectivity index (χ1) is 54.8. The Balaban J connectivity index is 0.000000181. The average Bonchev–Trinajstić information content (AvgIpc) is 0.914. The van der Waals surface area contributed by atoms with E-state index in [2.05, 4.69) is 52.7 Å². The number of carboxylic acids is 2. The van der Waals surface area contributed by atoms with Gasteiger partial charge >= 0.3 is 53.4 Å². The molecule has 4 aliphatic rings. The van der Waals surface area contributed by atoms with Crippen LogP contribution in [-0.2, 0) is 9.47 Å². The number of hydrogen-bond donors (Lipinski definition) is 3. The SMILES string of the molecule is C1CCCCCC1.CO.COC(=O)c1ccc2nc(-c3ccccc3)c(Br)nc2c1.COC(=O)c1ccc2nc(-c3ccccc3)c(N3CCCCCC3)nc2c1.O=C(O)c1ccc2nc(-c3ccccc3)c(N3CCCCCC3)nc2c1.O=C(O)c1ccc2nc(-c3ccccc3)c(N3CCCCCC3)nc2c1.[2H]CF.[Na+].[OH-]. The fourth-order valence-electron chi connectivity index (χ4n) is 13.8. The van der Waals surface area contributed by atoms with Crippen molar-refractivity contribution in [2.24, 2.45) is 0 Å². The standard InChI is InChI=1S/C22H23N3O2.2C21H21N3O2.C16H11BrN2O2.C7H14.CH3F.CH4O.Na.H2O/c1-27-22(26)17-11-12-18-19(15-17)24-21(25-13-7-2-3-8-14-25)20(23-18)16-9-5-4-6-10-16;2*25-21(26)16-10-11-17-18(14-16)23-20(24-12-6-1-2-7-13-24)19(22-17)15-8-4-3-5-9-15;1-21-16(20)11-7-8-12-13(9-11)19-15(17)14(18-12)10-5-3-2-4-6-10;1-2-4-6-7-5-3-1;2*1-2;;/h4-6,9-12,15H,2-3,7-8,13-14H2,1H3;2*3-5,8-11,14H,1-2,6-7,12-13H2,(H,25,26);2-9H,1H3;1-7H2;1H3;2H,1H3;;1H2/q;;;;;;;+1;/p-1/i;;;;;1D;;;. The number of ether oxygens (including phenoxy) is 2. The molecule has 21 nitrogen and oxygen atoms in total. The normalized spacial score (nSPS) is 14.1. The number of carbonyl (C=O) groups excluding carboxylic acids is 2. The summed E-state index contributed by atoms with van der Waals surface area (Å²) >= 11 is 3.44. The summed E-state index contributed by atoms with van der Waals surface area (Å²) in [6.07, 6.45) is 24.9. The number of fused-ring (bicyclic) bond motifs is 4. The Kier molecular flexibility index (Phi) is 35.3. The topological polar surface area (TPSA) is 290 Å². The van der Waals surface area contributed by atoms with Crippen molar-refractivity contribution in [3.05, 3.63) is 221 Å². The number of aliphatic hydroxyl groups is 1. The van der Waals surface area contributed by atoms with Crippen molar-refractivity contribution < 1.29 is 84.8 Å². The first-order valence-electron chi connectivity index (χ1n) is 38.8. The van der Waals surface area contributed by atoms with Crippen LogP contribution in [0.5, 0.6) is 0 Å². The number of carboxylic acid groups (broad SMARTS) is 2. The first kappa shape index (κ1) is 86.7. The molecule has 12 aromatic rings. The van der Waals surface area contributed by atoms with Gasteiger partial charge in [0, 0.05) is 68.6 Å². The van der Waals surface area contributed by atoms with Crippen LogP contribution < -0.4 is 44.3 Å². The zero-order chi connectivity index (χ0) is 79.0. The molecule has 0 spiro atoms. The van der Waals surface area contributed by atoms with E-state index in [1.165, 1.54) is 97.7 Å². The maximum atomic E-state index is 11.9. The molecule has 1 saturated carbocycles. The summed E-state index contributed by atoms with van der Waals surface area (Å²) in [5.41, 5.74) is 14.5. The molecule has 4 fully saturated rings. The van der Waals surface area contributed by atoms with Crippen molar-refractivity contribution in [1.82, 2.24) is 39.9 Å². The Bertz CT molecular complexity index is 4870. The van der Waals surface area contributed by atoms with Crippen LogP contribution >= 0.6 is 15.9 Å². The number of hydrogen-bond acceptors (Lipinski definition) is 19. The van der Waals surface area contributed by atoms with Crippen molar-refractivity contribution in [3.8, 4) is 45.0 Å². The molecule has 24 heteroatoms. The molecule has 3 saturated heterocycles. The fourth-order valence-corrected chi connectivity index (χ4v) is 14.3. The summed E-state index contributed by atoms with van der Waals surface area (Å²) < 4.78 is 25.7. The number of methoxy groups -OCH3 is 2.